The van der Waals surface area contributed by atoms with E-state index in [1.54, 1.807) is 0 Å². The molecule has 0 heterocycles. The fraction of sp³-hybridized carbons (Fsp3) is 0.889. The lowest BCUT2D eigenvalue weighted by atomic mass is 10.2. The van der Waals surface area contributed by atoms with Crippen molar-refractivity contribution in [2.45, 2.75) is 31.5 Å². The molecule has 0 aromatic carbocycles. The van der Waals surface area contributed by atoms with Gasteiger partial charge in [0, 0.05) is 6.61 Å². The number of carbonyl (C=O) groups is 1. The van der Waals surface area contributed by atoms with E-state index in [0.717, 1.165) is 6.42 Å². The average Bonchev–Trinajstić information content (AvgIpc) is 2.00. The standard InChI is InChI=1S/C9H17BrO3/c1-4-5-12-6-8(11)13-7-9(2,3)10/h4-7H2,1-3H3. The summed E-state index contributed by atoms with van der Waals surface area (Å²) in [5, 5.41) is 0. The summed E-state index contributed by atoms with van der Waals surface area (Å²) in [6.45, 7) is 6.89. The Balaban J connectivity index is 3.41. The third-order valence-electron chi connectivity index (χ3n) is 1.14. The van der Waals surface area contributed by atoms with Gasteiger partial charge in [0.1, 0.15) is 13.2 Å². The highest BCUT2D eigenvalue weighted by Gasteiger charge is 2.15. The lowest BCUT2D eigenvalue weighted by molar-refractivity contribution is -0.149. The Morgan fingerprint density at radius 1 is 1.46 bits per heavy atom. The molecule has 78 valence electrons. The molecular weight excluding hydrogens is 236 g/mol. The normalized spacial score (nSPS) is 11.4. The fourth-order valence-electron chi connectivity index (χ4n) is 0.594. The number of hydrogen-bond acceptors (Lipinski definition) is 3. The zero-order valence-electron chi connectivity index (χ0n) is 8.43. The lowest BCUT2D eigenvalue weighted by Crippen LogP contribution is -2.23. The van der Waals surface area contributed by atoms with E-state index in [0.29, 0.717) is 13.2 Å². The summed E-state index contributed by atoms with van der Waals surface area (Å²) in [4.78, 5) is 11.0. The van der Waals surface area contributed by atoms with Crippen molar-refractivity contribution in [1.29, 1.82) is 0 Å². The van der Waals surface area contributed by atoms with Gasteiger partial charge >= 0.3 is 5.97 Å². The average molecular weight is 253 g/mol. The molecule has 3 nitrogen and oxygen atoms in total. The molecule has 0 aromatic rings. The Hall–Kier alpha value is -0.0900. The molecule has 0 saturated carbocycles. The molecular formula is C9H17BrO3. The van der Waals surface area contributed by atoms with E-state index in [1.165, 1.54) is 0 Å². The number of ether oxygens (including phenoxy) is 2. The highest BCUT2D eigenvalue weighted by Crippen LogP contribution is 2.15. The Morgan fingerprint density at radius 3 is 2.54 bits per heavy atom. The van der Waals surface area contributed by atoms with Crippen molar-refractivity contribution in [3.8, 4) is 0 Å². The van der Waals surface area contributed by atoms with E-state index in [4.69, 9.17) is 9.47 Å². The van der Waals surface area contributed by atoms with E-state index in [2.05, 4.69) is 15.9 Å². The minimum atomic E-state index is -0.305. The number of rotatable bonds is 6. The molecule has 0 fully saturated rings. The van der Waals surface area contributed by atoms with Crippen LogP contribution in [0.1, 0.15) is 27.2 Å². The van der Waals surface area contributed by atoms with Crippen LogP contribution in [0.15, 0.2) is 0 Å². The van der Waals surface area contributed by atoms with E-state index in [-0.39, 0.29) is 16.9 Å². The second kappa shape index (κ2) is 6.38. The van der Waals surface area contributed by atoms with E-state index < -0.39 is 0 Å². The van der Waals surface area contributed by atoms with Crippen LogP contribution in [0.5, 0.6) is 0 Å². The van der Waals surface area contributed by atoms with Gasteiger partial charge in [0.15, 0.2) is 0 Å². The summed E-state index contributed by atoms with van der Waals surface area (Å²) in [5.74, 6) is -0.305. The van der Waals surface area contributed by atoms with Gasteiger partial charge < -0.3 is 9.47 Å². The minimum absolute atomic E-state index is 0.0525. The summed E-state index contributed by atoms with van der Waals surface area (Å²) >= 11 is 3.37. The fourth-order valence-corrected chi connectivity index (χ4v) is 0.708. The van der Waals surface area contributed by atoms with Crippen molar-refractivity contribution in [3.63, 3.8) is 0 Å². The van der Waals surface area contributed by atoms with Gasteiger partial charge in [-0.15, -0.1) is 0 Å². The molecule has 0 atom stereocenters. The van der Waals surface area contributed by atoms with Gasteiger partial charge in [-0.3, -0.25) is 0 Å². The van der Waals surface area contributed by atoms with Gasteiger partial charge in [0.25, 0.3) is 0 Å². The van der Waals surface area contributed by atoms with Gasteiger partial charge in [-0.05, 0) is 20.3 Å². The highest BCUT2D eigenvalue weighted by atomic mass is 79.9. The Labute approximate surface area is 87.9 Å². The van der Waals surface area contributed by atoms with Gasteiger partial charge in [-0.2, -0.15) is 0 Å². The maximum absolute atomic E-state index is 11.0. The number of hydrogen-bond donors (Lipinski definition) is 0. The summed E-state index contributed by atoms with van der Waals surface area (Å²) in [6.07, 6.45) is 0.914. The third kappa shape index (κ3) is 9.83. The molecule has 13 heavy (non-hydrogen) atoms. The van der Waals surface area contributed by atoms with Crippen molar-refractivity contribution < 1.29 is 14.3 Å². The quantitative estimate of drug-likeness (QED) is 0.413. The molecule has 0 aliphatic carbocycles. The van der Waals surface area contributed by atoms with Crippen LogP contribution < -0.4 is 0 Å². The number of halogens is 1. The van der Waals surface area contributed by atoms with Crippen LogP contribution >= 0.6 is 15.9 Å². The van der Waals surface area contributed by atoms with Gasteiger partial charge in [0.05, 0.1) is 4.32 Å². The Morgan fingerprint density at radius 2 is 2.08 bits per heavy atom. The predicted molar refractivity (Wildman–Crippen MR) is 55.1 cm³/mol. The summed E-state index contributed by atoms with van der Waals surface area (Å²) in [5.41, 5.74) is 0. The molecule has 4 heteroatoms. The first kappa shape index (κ1) is 12.9. The SMILES string of the molecule is CCCOCC(=O)OCC(C)(C)Br. The van der Waals surface area contributed by atoms with Gasteiger partial charge in [0.2, 0.25) is 0 Å². The van der Waals surface area contributed by atoms with E-state index in [9.17, 15) is 4.79 Å². The Bertz CT molecular complexity index is 151. The topological polar surface area (TPSA) is 35.5 Å². The van der Waals surface area contributed by atoms with Crippen LogP contribution in [0, 0.1) is 0 Å². The molecule has 0 spiro atoms. The molecule has 0 unspecified atom stereocenters. The molecule has 0 N–H and O–H groups in total. The first-order chi connectivity index (χ1) is 5.95. The first-order valence-electron chi connectivity index (χ1n) is 4.38. The zero-order valence-corrected chi connectivity index (χ0v) is 10.0. The van der Waals surface area contributed by atoms with Crippen molar-refractivity contribution in [2.24, 2.45) is 0 Å². The van der Waals surface area contributed by atoms with Crippen molar-refractivity contribution >= 4 is 21.9 Å². The number of alkyl halides is 1. The monoisotopic (exact) mass is 252 g/mol. The predicted octanol–water partition coefficient (Wildman–Crippen LogP) is 2.13. The number of carbonyl (C=O) groups excluding carboxylic acids is 1. The summed E-state index contributed by atoms with van der Waals surface area (Å²) < 4.78 is 9.80. The molecule has 0 aromatic heterocycles. The lowest BCUT2D eigenvalue weighted by Gasteiger charge is -2.15. The van der Waals surface area contributed by atoms with Crippen molar-refractivity contribution in [3.05, 3.63) is 0 Å². The second-order valence-electron chi connectivity index (χ2n) is 3.43. The highest BCUT2D eigenvalue weighted by molar-refractivity contribution is 9.10. The summed E-state index contributed by atoms with van der Waals surface area (Å²) in [7, 11) is 0. The largest absolute Gasteiger partial charge is 0.463 e. The van der Waals surface area contributed by atoms with Crippen molar-refractivity contribution in [1.82, 2.24) is 0 Å². The van der Waals surface area contributed by atoms with Crippen LogP contribution in [-0.4, -0.2) is 30.1 Å². The van der Waals surface area contributed by atoms with Gasteiger partial charge in [-0.1, -0.05) is 22.9 Å². The van der Waals surface area contributed by atoms with Gasteiger partial charge in [-0.25, -0.2) is 4.79 Å². The van der Waals surface area contributed by atoms with Crippen LogP contribution in [0.4, 0.5) is 0 Å². The second-order valence-corrected chi connectivity index (χ2v) is 5.58. The summed E-state index contributed by atoms with van der Waals surface area (Å²) in [6, 6.07) is 0. The minimum Gasteiger partial charge on any atom is -0.463 e. The molecule has 0 saturated heterocycles. The third-order valence-corrected chi connectivity index (χ3v) is 1.37. The van der Waals surface area contributed by atoms with E-state index >= 15 is 0 Å². The molecule has 0 amide bonds. The molecule has 0 aliphatic rings. The molecule has 0 aliphatic heterocycles. The molecule has 0 radical (unpaired) electrons. The van der Waals surface area contributed by atoms with Crippen LogP contribution in [0.25, 0.3) is 0 Å². The molecule has 0 bridgehead atoms. The molecule has 0 rings (SSSR count). The first-order valence-corrected chi connectivity index (χ1v) is 5.17. The number of esters is 1. The maximum atomic E-state index is 11.0. The van der Waals surface area contributed by atoms with Crippen LogP contribution in [0.3, 0.4) is 0 Å². The maximum Gasteiger partial charge on any atom is 0.332 e. The van der Waals surface area contributed by atoms with Crippen molar-refractivity contribution in [2.75, 3.05) is 19.8 Å². The van der Waals surface area contributed by atoms with Crippen LogP contribution in [0.2, 0.25) is 0 Å². The van der Waals surface area contributed by atoms with Crippen LogP contribution in [-0.2, 0) is 14.3 Å². The van der Waals surface area contributed by atoms with E-state index in [1.807, 2.05) is 20.8 Å². The zero-order chi connectivity index (χ0) is 10.3. The Kier molecular flexibility index (Phi) is 6.33. The smallest absolute Gasteiger partial charge is 0.332 e.